The molecule has 1 N–H and O–H groups in total. The van der Waals surface area contributed by atoms with Gasteiger partial charge in [0, 0.05) is 18.7 Å². The molecule has 1 unspecified atom stereocenters. The molecule has 0 amide bonds. The molecule has 2 heterocycles. The van der Waals surface area contributed by atoms with E-state index < -0.39 is 0 Å². The number of nitrogens with one attached hydrogen (secondary N) is 1. The van der Waals surface area contributed by atoms with Crippen molar-refractivity contribution in [3.63, 3.8) is 0 Å². The van der Waals surface area contributed by atoms with Crippen molar-refractivity contribution in [3.8, 4) is 0 Å². The van der Waals surface area contributed by atoms with Crippen molar-refractivity contribution in [2.75, 3.05) is 11.9 Å². The van der Waals surface area contributed by atoms with Crippen LogP contribution in [0.2, 0.25) is 0 Å². The number of carbonyl (C=O) groups excluding carboxylic acids is 1. The van der Waals surface area contributed by atoms with Gasteiger partial charge in [-0.25, -0.2) is 0 Å². The van der Waals surface area contributed by atoms with E-state index in [4.69, 9.17) is 4.42 Å². The smallest absolute Gasteiger partial charge is 0.146 e. The van der Waals surface area contributed by atoms with Gasteiger partial charge < -0.3 is 9.73 Å². The maximum atomic E-state index is 12.2. The summed E-state index contributed by atoms with van der Waals surface area (Å²) < 4.78 is 4.98. The third-order valence-electron chi connectivity index (χ3n) is 3.18. The van der Waals surface area contributed by atoms with Crippen LogP contribution in [0.15, 0.2) is 47.3 Å². The number of anilines is 1. The van der Waals surface area contributed by atoms with Crippen LogP contribution in [0.4, 0.5) is 5.69 Å². The van der Waals surface area contributed by atoms with Gasteiger partial charge in [-0.3, -0.25) is 4.79 Å². The van der Waals surface area contributed by atoms with Crippen molar-refractivity contribution in [2.45, 2.75) is 12.3 Å². The minimum absolute atomic E-state index is 0.0268. The standard InChI is InChI=1S/C14H13NO2/c16-14(7-10-5-6-17-9-10)12-8-15-13-4-2-1-3-11(12)13/h1-6,9,12,15H,7-8H2. The molecule has 0 saturated heterocycles. The number of carbonyl (C=O) groups is 1. The number of Topliss-reactive ketones (excluding diaryl/α,β-unsaturated/α-hetero) is 1. The molecular weight excluding hydrogens is 214 g/mol. The van der Waals surface area contributed by atoms with Gasteiger partial charge in [0.05, 0.1) is 18.4 Å². The fourth-order valence-corrected chi connectivity index (χ4v) is 2.29. The molecule has 3 nitrogen and oxygen atoms in total. The van der Waals surface area contributed by atoms with Crippen LogP contribution in [0.25, 0.3) is 0 Å². The second kappa shape index (κ2) is 4.09. The summed E-state index contributed by atoms with van der Waals surface area (Å²) in [6.45, 7) is 0.704. The van der Waals surface area contributed by atoms with Gasteiger partial charge in [-0.05, 0) is 23.3 Å². The summed E-state index contributed by atoms with van der Waals surface area (Å²) >= 11 is 0. The van der Waals surface area contributed by atoms with Crippen molar-refractivity contribution < 1.29 is 9.21 Å². The minimum Gasteiger partial charge on any atom is -0.472 e. The number of ketones is 1. The summed E-state index contributed by atoms with van der Waals surface area (Å²) in [5.41, 5.74) is 3.14. The summed E-state index contributed by atoms with van der Waals surface area (Å²) in [6, 6.07) is 9.83. The van der Waals surface area contributed by atoms with Crippen LogP contribution < -0.4 is 5.32 Å². The largest absolute Gasteiger partial charge is 0.472 e. The average Bonchev–Trinajstić information content (AvgIpc) is 2.96. The van der Waals surface area contributed by atoms with E-state index in [1.54, 1.807) is 12.5 Å². The van der Waals surface area contributed by atoms with E-state index in [2.05, 4.69) is 5.32 Å². The molecule has 0 fully saturated rings. The van der Waals surface area contributed by atoms with E-state index in [0.717, 1.165) is 16.8 Å². The molecule has 3 rings (SSSR count). The number of fused-ring (bicyclic) bond motifs is 1. The highest BCUT2D eigenvalue weighted by Crippen LogP contribution is 2.32. The Balaban J connectivity index is 1.80. The minimum atomic E-state index is -0.0268. The molecule has 1 aliphatic heterocycles. The predicted molar refractivity (Wildman–Crippen MR) is 65.1 cm³/mol. The Kier molecular flexibility index (Phi) is 2.44. The lowest BCUT2D eigenvalue weighted by Gasteiger charge is -2.07. The molecule has 1 aliphatic rings. The molecule has 1 atom stereocenters. The first kappa shape index (κ1) is 10.1. The maximum Gasteiger partial charge on any atom is 0.146 e. The highest BCUT2D eigenvalue weighted by molar-refractivity contribution is 5.91. The van der Waals surface area contributed by atoms with Crippen LogP contribution in [-0.4, -0.2) is 12.3 Å². The fourth-order valence-electron chi connectivity index (χ4n) is 2.29. The summed E-state index contributed by atoms with van der Waals surface area (Å²) in [7, 11) is 0. The molecule has 0 spiro atoms. The number of para-hydroxylation sites is 1. The highest BCUT2D eigenvalue weighted by atomic mass is 16.3. The van der Waals surface area contributed by atoms with Crippen LogP contribution in [0, 0.1) is 0 Å². The van der Waals surface area contributed by atoms with E-state index >= 15 is 0 Å². The molecule has 2 aromatic rings. The van der Waals surface area contributed by atoms with Gasteiger partial charge in [0.2, 0.25) is 0 Å². The van der Waals surface area contributed by atoms with Crippen molar-refractivity contribution >= 4 is 11.5 Å². The monoisotopic (exact) mass is 227 g/mol. The summed E-state index contributed by atoms with van der Waals surface area (Å²) in [5, 5.41) is 3.27. The lowest BCUT2D eigenvalue weighted by atomic mass is 9.93. The molecular formula is C14H13NO2. The average molecular weight is 227 g/mol. The van der Waals surface area contributed by atoms with Crippen molar-refractivity contribution in [3.05, 3.63) is 54.0 Å². The summed E-state index contributed by atoms with van der Waals surface area (Å²) in [4.78, 5) is 12.2. The maximum absolute atomic E-state index is 12.2. The number of furan rings is 1. The second-order valence-electron chi connectivity index (χ2n) is 4.30. The number of hydrogen-bond donors (Lipinski definition) is 1. The fraction of sp³-hybridized carbons (Fsp3) is 0.214. The van der Waals surface area contributed by atoms with E-state index in [0.29, 0.717) is 13.0 Å². The summed E-state index contributed by atoms with van der Waals surface area (Å²) in [5.74, 6) is 0.213. The van der Waals surface area contributed by atoms with Gasteiger partial charge in [0.25, 0.3) is 0 Å². The van der Waals surface area contributed by atoms with Crippen LogP contribution in [0.1, 0.15) is 17.0 Å². The number of benzene rings is 1. The Hall–Kier alpha value is -2.03. The molecule has 0 bridgehead atoms. The molecule has 0 saturated carbocycles. The van der Waals surface area contributed by atoms with Gasteiger partial charge in [0.15, 0.2) is 0 Å². The van der Waals surface area contributed by atoms with Gasteiger partial charge in [0.1, 0.15) is 5.78 Å². The zero-order chi connectivity index (χ0) is 11.7. The number of hydrogen-bond acceptors (Lipinski definition) is 3. The summed E-state index contributed by atoms with van der Waals surface area (Å²) in [6.07, 6.45) is 3.67. The first-order chi connectivity index (χ1) is 8.34. The third kappa shape index (κ3) is 1.84. The van der Waals surface area contributed by atoms with Gasteiger partial charge >= 0.3 is 0 Å². The van der Waals surface area contributed by atoms with E-state index in [1.807, 2.05) is 30.3 Å². The lowest BCUT2D eigenvalue weighted by molar-refractivity contribution is -0.119. The van der Waals surface area contributed by atoms with Gasteiger partial charge in [-0.2, -0.15) is 0 Å². The van der Waals surface area contributed by atoms with E-state index in [-0.39, 0.29) is 11.7 Å². The quantitative estimate of drug-likeness (QED) is 0.876. The van der Waals surface area contributed by atoms with Crippen LogP contribution >= 0.6 is 0 Å². The Labute approximate surface area is 99.4 Å². The normalized spacial score (nSPS) is 17.5. The van der Waals surface area contributed by atoms with Gasteiger partial charge in [-0.15, -0.1) is 0 Å². The van der Waals surface area contributed by atoms with Gasteiger partial charge in [-0.1, -0.05) is 18.2 Å². The molecule has 86 valence electrons. The first-order valence-corrected chi connectivity index (χ1v) is 5.71. The second-order valence-corrected chi connectivity index (χ2v) is 4.30. The predicted octanol–water partition coefficient (Wildman–Crippen LogP) is 2.60. The van der Waals surface area contributed by atoms with Crippen LogP contribution in [0.3, 0.4) is 0 Å². The Morgan fingerprint density at radius 1 is 1.35 bits per heavy atom. The molecule has 1 aromatic heterocycles. The molecule has 0 aliphatic carbocycles. The third-order valence-corrected chi connectivity index (χ3v) is 3.18. The van der Waals surface area contributed by atoms with Crippen LogP contribution in [-0.2, 0) is 11.2 Å². The Morgan fingerprint density at radius 2 is 2.24 bits per heavy atom. The zero-order valence-electron chi connectivity index (χ0n) is 9.35. The lowest BCUT2D eigenvalue weighted by Crippen LogP contribution is -2.16. The topological polar surface area (TPSA) is 42.2 Å². The number of rotatable bonds is 3. The molecule has 17 heavy (non-hydrogen) atoms. The van der Waals surface area contributed by atoms with E-state index in [1.165, 1.54) is 0 Å². The molecule has 0 radical (unpaired) electrons. The van der Waals surface area contributed by atoms with Crippen molar-refractivity contribution in [2.24, 2.45) is 0 Å². The first-order valence-electron chi connectivity index (χ1n) is 5.71. The Bertz CT molecular complexity index is 531. The van der Waals surface area contributed by atoms with Crippen molar-refractivity contribution in [1.29, 1.82) is 0 Å². The zero-order valence-corrected chi connectivity index (χ0v) is 9.35. The Morgan fingerprint density at radius 3 is 3.06 bits per heavy atom. The molecule has 3 heteroatoms. The van der Waals surface area contributed by atoms with Crippen molar-refractivity contribution in [1.82, 2.24) is 0 Å². The van der Waals surface area contributed by atoms with E-state index in [9.17, 15) is 4.79 Å². The SMILES string of the molecule is O=C(Cc1ccoc1)C1CNc2ccccc21. The van der Waals surface area contributed by atoms with Crippen LogP contribution in [0.5, 0.6) is 0 Å². The molecule has 1 aromatic carbocycles. The highest BCUT2D eigenvalue weighted by Gasteiger charge is 2.27.